The zero-order chi connectivity index (χ0) is 18.3. The summed E-state index contributed by atoms with van der Waals surface area (Å²) in [6.45, 7) is 0. The molecule has 2 aromatic heterocycles. The highest BCUT2D eigenvalue weighted by Gasteiger charge is 2.18. The van der Waals surface area contributed by atoms with Crippen LogP contribution >= 0.6 is 0 Å². The van der Waals surface area contributed by atoms with E-state index in [1.807, 2.05) is 30.3 Å². The van der Waals surface area contributed by atoms with Crippen molar-refractivity contribution in [2.75, 3.05) is 0 Å². The van der Waals surface area contributed by atoms with E-state index in [2.05, 4.69) is 5.16 Å². The van der Waals surface area contributed by atoms with Gasteiger partial charge in [-0.15, -0.1) is 0 Å². The van der Waals surface area contributed by atoms with E-state index in [9.17, 15) is 9.59 Å². The minimum absolute atomic E-state index is 0.188. The minimum Gasteiger partial charge on any atom is -0.478 e. The number of carboxylic acids is 1. The van der Waals surface area contributed by atoms with Gasteiger partial charge >= 0.3 is 5.97 Å². The van der Waals surface area contributed by atoms with Crippen LogP contribution in [0.4, 0.5) is 0 Å². The highest BCUT2D eigenvalue weighted by atomic mass is 16.5. The molecule has 0 bridgehead atoms. The molecule has 0 aliphatic rings. The van der Waals surface area contributed by atoms with Crippen molar-refractivity contribution >= 4 is 16.9 Å². The van der Waals surface area contributed by atoms with Crippen molar-refractivity contribution in [2.24, 2.45) is 7.05 Å². The van der Waals surface area contributed by atoms with Gasteiger partial charge in [0.05, 0.1) is 11.3 Å². The Balaban J connectivity index is 1.90. The fraction of sp³-hybridized carbons (Fsp3) is 0.0500. The van der Waals surface area contributed by atoms with Gasteiger partial charge in [-0.25, -0.2) is 4.79 Å². The van der Waals surface area contributed by atoms with Crippen LogP contribution in [0.3, 0.4) is 0 Å². The van der Waals surface area contributed by atoms with Gasteiger partial charge in [-0.1, -0.05) is 47.6 Å². The van der Waals surface area contributed by atoms with E-state index in [4.69, 9.17) is 9.63 Å². The van der Waals surface area contributed by atoms with Crippen molar-refractivity contribution in [3.63, 3.8) is 0 Å². The van der Waals surface area contributed by atoms with Crippen LogP contribution in [0.2, 0.25) is 0 Å². The maximum atomic E-state index is 12.9. The Bertz CT molecular complexity index is 1170. The minimum atomic E-state index is -0.995. The summed E-state index contributed by atoms with van der Waals surface area (Å²) in [6.07, 6.45) is 0. The van der Waals surface area contributed by atoms with Crippen LogP contribution in [0.25, 0.3) is 33.5 Å². The lowest BCUT2D eigenvalue weighted by Gasteiger charge is -2.09. The fourth-order valence-electron chi connectivity index (χ4n) is 2.96. The van der Waals surface area contributed by atoms with Crippen molar-refractivity contribution < 1.29 is 14.4 Å². The molecule has 6 heteroatoms. The number of carboxylic acid groups (broad SMARTS) is 1. The first-order chi connectivity index (χ1) is 12.6. The molecule has 2 aromatic carbocycles. The normalized spacial score (nSPS) is 11.0. The Labute approximate surface area is 147 Å². The maximum absolute atomic E-state index is 12.9. The van der Waals surface area contributed by atoms with Gasteiger partial charge in [0.25, 0.3) is 5.56 Å². The quantitative estimate of drug-likeness (QED) is 0.613. The number of hydrogen-bond donors (Lipinski definition) is 1. The number of pyridine rings is 1. The van der Waals surface area contributed by atoms with E-state index in [-0.39, 0.29) is 11.1 Å². The molecular weight excluding hydrogens is 332 g/mol. The molecule has 4 aromatic rings. The third-order valence-corrected chi connectivity index (χ3v) is 4.34. The van der Waals surface area contributed by atoms with Gasteiger partial charge in [0.15, 0.2) is 5.76 Å². The second kappa shape index (κ2) is 6.00. The molecule has 0 amide bonds. The van der Waals surface area contributed by atoms with Gasteiger partial charge < -0.3 is 14.2 Å². The molecule has 6 nitrogen and oxygen atoms in total. The second-order valence-electron chi connectivity index (χ2n) is 5.91. The van der Waals surface area contributed by atoms with Gasteiger partial charge in [-0.2, -0.15) is 0 Å². The number of carbonyl (C=O) groups is 1. The van der Waals surface area contributed by atoms with Crippen molar-refractivity contribution in [1.82, 2.24) is 9.72 Å². The molecule has 0 aliphatic carbocycles. The Morgan fingerprint density at radius 1 is 1.04 bits per heavy atom. The van der Waals surface area contributed by atoms with Crippen LogP contribution in [0.1, 0.15) is 10.4 Å². The zero-order valence-corrected chi connectivity index (χ0v) is 13.8. The summed E-state index contributed by atoms with van der Waals surface area (Å²) in [7, 11) is 1.67. The van der Waals surface area contributed by atoms with Gasteiger partial charge in [0.1, 0.15) is 10.9 Å². The molecule has 0 fully saturated rings. The Kier molecular flexibility index (Phi) is 3.65. The SMILES string of the molecule is Cn1c(-c2ccc(C(=O)O)cc2)cc2noc(-c3ccccc3)c2c1=O. The average molecular weight is 346 g/mol. The van der Waals surface area contributed by atoms with E-state index < -0.39 is 5.97 Å². The smallest absolute Gasteiger partial charge is 0.335 e. The van der Waals surface area contributed by atoms with E-state index in [1.54, 1.807) is 25.2 Å². The van der Waals surface area contributed by atoms with Crippen molar-refractivity contribution in [2.45, 2.75) is 0 Å². The highest BCUT2D eigenvalue weighted by molar-refractivity contribution is 5.93. The van der Waals surface area contributed by atoms with Crippen molar-refractivity contribution in [3.05, 3.63) is 76.6 Å². The molecule has 0 saturated heterocycles. The predicted octanol–water partition coefficient (Wildman–Crippen LogP) is 3.56. The number of aromatic carboxylic acids is 1. The van der Waals surface area contributed by atoms with E-state index in [1.165, 1.54) is 16.7 Å². The lowest BCUT2D eigenvalue weighted by Crippen LogP contribution is -2.18. The maximum Gasteiger partial charge on any atom is 0.335 e. The number of hydrogen-bond acceptors (Lipinski definition) is 4. The van der Waals surface area contributed by atoms with E-state index in [0.717, 1.165) is 11.1 Å². The monoisotopic (exact) mass is 346 g/mol. The molecule has 0 spiro atoms. The summed E-state index contributed by atoms with van der Waals surface area (Å²) in [5.41, 5.74) is 2.57. The Hall–Kier alpha value is -3.67. The van der Waals surface area contributed by atoms with Crippen molar-refractivity contribution in [3.8, 4) is 22.6 Å². The highest BCUT2D eigenvalue weighted by Crippen LogP contribution is 2.29. The molecule has 1 N–H and O–H groups in total. The number of aromatic nitrogens is 2. The molecule has 0 unspecified atom stereocenters. The van der Waals surface area contributed by atoms with Gasteiger partial charge in [-0.3, -0.25) is 4.79 Å². The summed E-state index contributed by atoms with van der Waals surface area (Å²) < 4.78 is 6.95. The fourth-order valence-corrected chi connectivity index (χ4v) is 2.96. The van der Waals surface area contributed by atoms with Crippen molar-refractivity contribution in [1.29, 1.82) is 0 Å². The summed E-state index contributed by atoms with van der Waals surface area (Å²) >= 11 is 0. The van der Waals surface area contributed by atoms with Gasteiger partial charge in [-0.05, 0) is 23.8 Å². The first-order valence-electron chi connectivity index (χ1n) is 7.95. The lowest BCUT2D eigenvalue weighted by molar-refractivity contribution is 0.0697. The van der Waals surface area contributed by atoms with Gasteiger partial charge in [0, 0.05) is 12.6 Å². The number of fused-ring (bicyclic) bond motifs is 1. The molecule has 2 heterocycles. The molecule has 0 aliphatic heterocycles. The summed E-state index contributed by atoms with van der Waals surface area (Å²) in [5, 5.41) is 13.5. The molecule has 0 saturated carbocycles. The van der Waals surface area contributed by atoms with Crippen LogP contribution in [0.15, 0.2) is 70.0 Å². The van der Waals surface area contributed by atoms with E-state index in [0.29, 0.717) is 22.4 Å². The molecule has 128 valence electrons. The number of benzene rings is 2. The third kappa shape index (κ3) is 2.48. The van der Waals surface area contributed by atoms with Crippen LogP contribution in [0.5, 0.6) is 0 Å². The lowest BCUT2D eigenvalue weighted by atomic mass is 10.1. The summed E-state index contributed by atoms with van der Waals surface area (Å²) in [4.78, 5) is 23.9. The summed E-state index contributed by atoms with van der Waals surface area (Å²) in [5.74, 6) is -0.557. The molecule has 26 heavy (non-hydrogen) atoms. The third-order valence-electron chi connectivity index (χ3n) is 4.34. The Morgan fingerprint density at radius 3 is 2.38 bits per heavy atom. The van der Waals surface area contributed by atoms with E-state index >= 15 is 0 Å². The Morgan fingerprint density at radius 2 is 1.73 bits per heavy atom. The second-order valence-corrected chi connectivity index (χ2v) is 5.91. The van der Waals surface area contributed by atoms with Gasteiger partial charge in [0.2, 0.25) is 0 Å². The largest absolute Gasteiger partial charge is 0.478 e. The first-order valence-corrected chi connectivity index (χ1v) is 7.95. The molecule has 4 rings (SSSR count). The van der Waals surface area contributed by atoms with Crippen LogP contribution in [-0.2, 0) is 7.05 Å². The summed E-state index contributed by atoms with van der Waals surface area (Å²) in [6, 6.07) is 17.5. The average Bonchev–Trinajstić information content (AvgIpc) is 3.09. The predicted molar refractivity (Wildman–Crippen MR) is 97.1 cm³/mol. The zero-order valence-electron chi connectivity index (χ0n) is 13.8. The first kappa shape index (κ1) is 15.8. The molecule has 0 radical (unpaired) electrons. The number of rotatable bonds is 3. The van der Waals surface area contributed by atoms with Crippen LogP contribution < -0.4 is 5.56 Å². The van der Waals surface area contributed by atoms with Crippen LogP contribution in [0, 0.1) is 0 Å². The standard InChI is InChI=1S/C20H14N2O4/c1-22-16(12-7-9-14(10-8-12)20(24)25)11-15-17(19(22)23)18(26-21-15)13-5-3-2-4-6-13/h2-11H,1H3,(H,24,25). The molecular formula is C20H14N2O4. The van der Waals surface area contributed by atoms with Crippen LogP contribution in [-0.4, -0.2) is 20.8 Å². The topological polar surface area (TPSA) is 85.3 Å². The molecule has 0 atom stereocenters. The number of nitrogens with zero attached hydrogens (tertiary/aromatic N) is 2.